The standard InChI is InChI=1S/C10H9ClN8/c1-2-18-7(3-4-13-18)8-15-9(11)17-10(16-8)19-6-12-5-14-19/h3-6H,2H2,1H3. The van der Waals surface area contributed by atoms with Gasteiger partial charge in [0.2, 0.25) is 5.28 Å². The Labute approximate surface area is 113 Å². The minimum Gasteiger partial charge on any atom is -0.262 e. The van der Waals surface area contributed by atoms with Crippen LogP contribution in [-0.4, -0.2) is 39.5 Å². The second-order valence-corrected chi connectivity index (χ2v) is 3.94. The van der Waals surface area contributed by atoms with E-state index in [-0.39, 0.29) is 5.28 Å². The molecule has 8 nitrogen and oxygen atoms in total. The van der Waals surface area contributed by atoms with E-state index in [0.717, 1.165) is 5.69 Å². The highest BCUT2D eigenvalue weighted by molar-refractivity contribution is 6.28. The number of nitrogens with zero attached hydrogens (tertiary/aromatic N) is 8. The molecule has 0 spiro atoms. The van der Waals surface area contributed by atoms with Crippen LogP contribution in [0, 0.1) is 0 Å². The van der Waals surface area contributed by atoms with E-state index >= 15 is 0 Å². The van der Waals surface area contributed by atoms with Gasteiger partial charge in [-0.05, 0) is 24.6 Å². The highest BCUT2D eigenvalue weighted by Crippen LogP contribution is 2.16. The third-order valence-electron chi connectivity index (χ3n) is 2.47. The van der Waals surface area contributed by atoms with Crippen molar-refractivity contribution in [2.75, 3.05) is 0 Å². The number of hydrogen-bond donors (Lipinski definition) is 0. The van der Waals surface area contributed by atoms with Crippen LogP contribution in [0.5, 0.6) is 0 Å². The lowest BCUT2D eigenvalue weighted by atomic mass is 10.4. The van der Waals surface area contributed by atoms with Crippen LogP contribution in [0.25, 0.3) is 17.5 Å². The summed E-state index contributed by atoms with van der Waals surface area (Å²) in [6.45, 7) is 2.70. The largest absolute Gasteiger partial charge is 0.262 e. The van der Waals surface area contributed by atoms with Gasteiger partial charge in [0.05, 0.1) is 0 Å². The van der Waals surface area contributed by atoms with Crippen molar-refractivity contribution in [3.8, 4) is 17.5 Å². The van der Waals surface area contributed by atoms with Gasteiger partial charge in [-0.25, -0.2) is 4.98 Å². The van der Waals surface area contributed by atoms with Gasteiger partial charge >= 0.3 is 0 Å². The Balaban J connectivity index is 2.13. The maximum atomic E-state index is 5.93. The molecule has 0 bridgehead atoms. The summed E-state index contributed by atoms with van der Waals surface area (Å²) in [4.78, 5) is 16.3. The summed E-state index contributed by atoms with van der Waals surface area (Å²) in [5, 5.41) is 8.23. The normalized spacial score (nSPS) is 10.8. The average Bonchev–Trinajstić information content (AvgIpc) is 3.09. The topological polar surface area (TPSA) is 87.2 Å². The molecule has 96 valence electrons. The summed E-state index contributed by atoms with van der Waals surface area (Å²) in [6.07, 6.45) is 4.58. The molecular weight excluding hydrogens is 268 g/mol. The second kappa shape index (κ2) is 4.73. The Morgan fingerprint density at radius 2 is 2.11 bits per heavy atom. The molecule has 0 aliphatic heterocycles. The molecule has 0 saturated carbocycles. The van der Waals surface area contributed by atoms with Crippen molar-refractivity contribution in [3.63, 3.8) is 0 Å². The fraction of sp³-hybridized carbons (Fsp3) is 0.200. The van der Waals surface area contributed by atoms with Crippen molar-refractivity contribution >= 4 is 11.6 Å². The average molecular weight is 277 g/mol. The van der Waals surface area contributed by atoms with Crippen LogP contribution >= 0.6 is 11.6 Å². The first-order valence-corrected chi connectivity index (χ1v) is 5.94. The lowest BCUT2D eigenvalue weighted by Gasteiger charge is -2.05. The van der Waals surface area contributed by atoms with Crippen LogP contribution in [0.2, 0.25) is 5.28 Å². The predicted molar refractivity (Wildman–Crippen MR) is 66.6 cm³/mol. The lowest BCUT2D eigenvalue weighted by molar-refractivity contribution is 0.662. The van der Waals surface area contributed by atoms with Crippen LogP contribution in [0.1, 0.15) is 6.92 Å². The number of aryl methyl sites for hydroxylation is 1. The molecule has 0 saturated heterocycles. The van der Waals surface area contributed by atoms with E-state index in [1.807, 2.05) is 13.0 Å². The molecule has 0 radical (unpaired) electrons. The zero-order valence-corrected chi connectivity index (χ0v) is 10.7. The molecule has 0 aliphatic carbocycles. The van der Waals surface area contributed by atoms with E-state index in [1.54, 1.807) is 10.9 Å². The van der Waals surface area contributed by atoms with Crippen molar-refractivity contribution in [3.05, 3.63) is 30.2 Å². The molecule has 0 fully saturated rings. The van der Waals surface area contributed by atoms with Crippen molar-refractivity contribution < 1.29 is 0 Å². The maximum Gasteiger partial charge on any atom is 0.256 e. The van der Waals surface area contributed by atoms with Gasteiger partial charge < -0.3 is 0 Å². The smallest absolute Gasteiger partial charge is 0.256 e. The highest BCUT2D eigenvalue weighted by Gasteiger charge is 2.12. The third kappa shape index (κ3) is 2.17. The first-order valence-electron chi connectivity index (χ1n) is 5.56. The van der Waals surface area contributed by atoms with Crippen LogP contribution in [0.15, 0.2) is 24.9 Å². The minimum absolute atomic E-state index is 0.0966. The zero-order valence-electron chi connectivity index (χ0n) is 9.97. The van der Waals surface area contributed by atoms with Gasteiger partial charge in [0.15, 0.2) is 5.82 Å². The molecule has 3 heterocycles. The predicted octanol–water partition coefficient (Wildman–Crippen LogP) is 0.989. The van der Waals surface area contributed by atoms with Crippen LogP contribution in [0.3, 0.4) is 0 Å². The SMILES string of the molecule is CCn1nccc1-c1nc(Cl)nc(-n2cncn2)n1. The number of aromatic nitrogens is 8. The first-order chi connectivity index (χ1) is 9.28. The number of hydrogen-bond acceptors (Lipinski definition) is 6. The molecule has 19 heavy (non-hydrogen) atoms. The monoisotopic (exact) mass is 276 g/mol. The molecule has 9 heteroatoms. The number of rotatable bonds is 3. The molecule has 0 amide bonds. The Hall–Kier alpha value is -2.35. The Bertz CT molecular complexity index is 689. The summed E-state index contributed by atoms with van der Waals surface area (Å²) in [5.74, 6) is 0.765. The van der Waals surface area contributed by atoms with Crippen molar-refractivity contribution in [1.82, 2.24) is 39.5 Å². The Kier molecular flexibility index (Phi) is 2.92. The Morgan fingerprint density at radius 1 is 1.21 bits per heavy atom. The van der Waals surface area contributed by atoms with Crippen molar-refractivity contribution in [2.24, 2.45) is 0 Å². The van der Waals surface area contributed by atoms with Gasteiger partial charge in [0.1, 0.15) is 18.3 Å². The van der Waals surface area contributed by atoms with Crippen LogP contribution in [-0.2, 0) is 6.54 Å². The van der Waals surface area contributed by atoms with Gasteiger partial charge in [-0.15, -0.1) is 0 Å². The van der Waals surface area contributed by atoms with E-state index in [4.69, 9.17) is 11.6 Å². The molecule has 0 aliphatic rings. The van der Waals surface area contributed by atoms with Gasteiger partial charge in [0, 0.05) is 12.7 Å². The molecule has 3 aromatic rings. The summed E-state index contributed by atoms with van der Waals surface area (Å²) in [7, 11) is 0. The molecule has 3 rings (SSSR count). The minimum atomic E-state index is 0.0966. The summed E-state index contributed by atoms with van der Waals surface area (Å²) in [5.41, 5.74) is 0.771. The maximum absolute atomic E-state index is 5.93. The highest BCUT2D eigenvalue weighted by atomic mass is 35.5. The first kappa shape index (κ1) is 11.7. The lowest BCUT2D eigenvalue weighted by Crippen LogP contribution is -2.07. The van der Waals surface area contributed by atoms with E-state index in [9.17, 15) is 0 Å². The molecule has 0 N–H and O–H groups in total. The molecule has 0 atom stereocenters. The van der Waals surface area contributed by atoms with E-state index < -0.39 is 0 Å². The van der Waals surface area contributed by atoms with Gasteiger partial charge in [-0.1, -0.05) is 0 Å². The van der Waals surface area contributed by atoms with Gasteiger partial charge in [-0.3, -0.25) is 4.68 Å². The zero-order chi connectivity index (χ0) is 13.2. The third-order valence-corrected chi connectivity index (χ3v) is 2.63. The summed E-state index contributed by atoms with van der Waals surface area (Å²) < 4.78 is 3.19. The molecule has 3 aromatic heterocycles. The molecule has 0 unspecified atom stereocenters. The van der Waals surface area contributed by atoms with Crippen LogP contribution < -0.4 is 0 Å². The van der Waals surface area contributed by atoms with E-state index in [2.05, 4.69) is 30.1 Å². The van der Waals surface area contributed by atoms with E-state index in [0.29, 0.717) is 18.3 Å². The fourth-order valence-electron chi connectivity index (χ4n) is 1.64. The molecule has 0 aromatic carbocycles. The molecular formula is C10H9ClN8. The summed E-state index contributed by atoms with van der Waals surface area (Å²) in [6, 6.07) is 1.82. The van der Waals surface area contributed by atoms with E-state index in [1.165, 1.54) is 17.3 Å². The quantitative estimate of drug-likeness (QED) is 0.709. The number of halogens is 1. The van der Waals surface area contributed by atoms with Gasteiger partial charge in [-0.2, -0.15) is 29.8 Å². The second-order valence-electron chi connectivity index (χ2n) is 3.60. The van der Waals surface area contributed by atoms with Crippen molar-refractivity contribution in [1.29, 1.82) is 0 Å². The fourth-order valence-corrected chi connectivity index (χ4v) is 1.80. The van der Waals surface area contributed by atoms with Gasteiger partial charge in [0.25, 0.3) is 5.95 Å². The van der Waals surface area contributed by atoms with Crippen molar-refractivity contribution in [2.45, 2.75) is 13.5 Å². The summed E-state index contributed by atoms with van der Waals surface area (Å²) >= 11 is 5.93. The van der Waals surface area contributed by atoms with Crippen LogP contribution in [0.4, 0.5) is 0 Å². The Morgan fingerprint density at radius 3 is 2.84 bits per heavy atom.